The zero-order valence-corrected chi connectivity index (χ0v) is 9.31. The average Bonchev–Trinajstić information content (AvgIpc) is 2.39. The van der Waals surface area contributed by atoms with Crippen LogP contribution in [0.15, 0.2) is 18.5 Å². The number of methoxy groups -OCH3 is 1. The second-order valence-electron chi connectivity index (χ2n) is 3.83. The largest absolute Gasteiger partial charge is 0.494 e. The van der Waals surface area contributed by atoms with Gasteiger partial charge >= 0.3 is 0 Å². The van der Waals surface area contributed by atoms with E-state index in [1.807, 2.05) is 0 Å². The number of Topliss-reactive ketones (excluding diaryl/α,β-unsaturated/α-hetero) is 1. The van der Waals surface area contributed by atoms with Crippen molar-refractivity contribution in [2.75, 3.05) is 20.3 Å². The van der Waals surface area contributed by atoms with Crippen molar-refractivity contribution >= 4 is 5.78 Å². The minimum absolute atomic E-state index is 0.0602. The van der Waals surface area contributed by atoms with Crippen molar-refractivity contribution in [1.82, 2.24) is 4.98 Å². The highest BCUT2D eigenvalue weighted by atomic mass is 16.5. The van der Waals surface area contributed by atoms with E-state index in [0.29, 0.717) is 24.5 Å². The van der Waals surface area contributed by atoms with E-state index in [2.05, 4.69) is 4.98 Å². The highest BCUT2D eigenvalue weighted by Gasteiger charge is 2.24. The number of ether oxygens (including phenoxy) is 2. The smallest absolute Gasteiger partial charge is 0.169 e. The predicted molar refractivity (Wildman–Crippen MR) is 58.7 cm³/mol. The second kappa shape index (κ2) is 5.07. The summed E-state index contributed by atoms with van der Waals surface area (Å²) in [7, 11) is 1.55. The van der Waals surface area contributed by atoms with Gasteiger partial charge in [0, 0.05) is 25.3 Å². The molecule has 0 spiro atoms. The summed E-state index contributed by atoms with van der Waals surface area (Å²) in [5.41, 5.74) is 0.629. The standard InChI is InChI=1S/C12H15NO3/c1-15-11-8-13-5-2-10(11)12(14)9-3-6-16-7-4-9/h2,5,8-9H,3-4,6-7H2,1H3. The van der Waals surface area contributed by atoms with Gasteiger partial charge in [0.2, 0.25) is 0 Å². The molecule has 1 saturated heterocycles. The normalized spacial score (nSPS) is 17.1. The van der Waals surface area contributed by atoms with Gasteiger partial charge in [-0.3, -0.25) is 9.78 Å². The lowest BCUT2D eigenvalue weighted by Gasteiger charge is -2.21. The number of carbonyl (C=O) groups excluding carboxylic acids is 1. The molecule has 0 unspecified atom stereocenters. The van der Waals surface area contributed by atoms with Gasteiger partial charge in [-0.1, -0.05) is 0 Å². The molecular weight excluding hydrogens is 206 g/mol. The van der Waals surface area contributed by atoms with E-state index in [9.17, 15) is 4.79 Å². The molecule has 0 N–H and O–H groups in total. The van der Waals surface area contributed by atoms with Gasteiger partial charge in [-0.15, -0.1) is 0 Å². The minimum atomic E-state index is 0.0602. The summed E-state index contributed by atoms with van der Waals surface area (Å²) in [6, 6.07) is 1.72. The average molecular weight is 221 g/mol. The van der Waals surface area contributed by atoms with Crippen LogP contribution in [0, 0.1) is 5.92 Å². The molecule has 1 fully saturated rings. The van der Waals surface area contributed by atoms with E-state index < -0.39 is 0 Å². The van der Waals surface area contributed by atoms with Crippen LogP contribution in [0.4, 0.5) is 0 Å². The van der Waals surface area contributed by atoms with Crippen molar-refractivity contribution in [3.8, 4) is 5.75 Å². The van der Waals surface area contributed by atoms with Crippen LogP contribution in [0.5, 0.6) is 5.75 Å². The molecular formula is C12H15NO3. The van der Waals surface area contributed by atoms with Crippen LogP contribution in [0.3, 0.4) is 0 Å². The molecule has 1 aromatic heterocycles. The Kier molecular flexibility index (Phi) is 3.51. The van der Waals surface area contributed by atoms with Crippen LogP contribution in [0.1, 0.15) is 23.2 Å². The lowest BCUT2D eigenvalue weighted by atomic mass is 9.91. The second-order valence-corrected chi connectivity index (χ2v) is 3.83. The molecule has 1 aliphatic rings. The maximum Gasteiger partial charge on any atom is 0.169 e. The Hall–Kier alpha value is -1.42. The predicted octanol–water partition coefficient (Wildman–Crippen LogP) is 1.70. The van der Waals surface area contributed by atoms with Crippen molar-refractivity contribution < 1.29 is 14.3 Å². The Morgan fingerprint density at radius 2 is 2.25 bits per heavy atom. The number of hydrogen-bond acceptors (Lipinski definition) is 4. The Morgan fingerprint density at radius 1 is 1.50 bits per heavy atom. The van der Waals surface area contributed by atoms with Crippen LogP contribution < -0.4 is 4.74 Å². The SMILES string of the molecule is COc1cnccc1C(=O)C1CCOCC1. The van der Waals surface area contributed by atoms with Crippen LogP contribution in [0.25, 0.3) is 0 Å². The van der Waals surface area contributed by atoms with E-state index in [1.165, 1.54) is 0 Å². The summed E-state index contributed by atoms with van der Waals surface area (Å²) in [4.78, 5) is 16.2. The molecule has 16 heavy (non-hydrogen) atoms. The topological polar surface area (TPSA) is 48.4 Å². The number of hydrogen-bond donors (Lipinski definition) is 0. The van der Waals surface area contributed by atoms with E-state index >= 15 is 0 Å². The van der Waals surface area contributed by atoms with E-state index in [-0.39, 0.29) is 11.7 Å². The zero-order chi connectivity index (χ0) is 11.4. The molecule has 0 bridgehead atoms. The highest BCUT2D eigenvalue weighted by Crippen LogP contribution is 2.25. The number of carbonyl (C=O) groups is 1. The molecule has 1 aromatic rings. The maximum absolute atomic E-state index is 12.2. The molecule has 86 valence electrons. The van der Waals surface area contributed by atoms with E-state index in [4.69, 9.17) is 9.47 Å². The van der Waals surface area contributed by atoms with Gasteiger partial charge in [-0.25, -0.2) is 0 Å². The Labute approximate surface area is 94.6 Å². The third kappa shape index (κ3) is 2.22. The van der Waals surface area contributed by atoms with Gasteiger partial charge in [-0.2, -0.15) is 0 Å². The van der Waals surface area contributed by atoms with Crippen LogP contribution in [0.2, 0.25) is 0 Å². The number of rotatable bonds is 3. The number of ketones is 1. The summed E-state index contributed by atoms with van der Waals surface area (Å²) in [5.74, 6) is 0.756. The first-order valence-electron chi connectivity index (χ1n) is 5.43. The van der Waals surface area contributed by atoms with Crippen LogP contribution >= 0.6 is 0 Å². The molecule has 4 heteroatoms. The van der Waals surface area contributed by atoms with Crippen molar-refractivity contribution in [3.05, 3.63) is 24.0 Å². The van der Waals surface area contributed by atoms with Crippen molar-refractivity contribution in [1.29, 1.82) is 0 Å². The number of aromatic nitrogens is 1. The van der Waals surface area contributed by atoms with E-state index in [1.54, 1.807) is 25.6 Å². The van der Waals surface area contributed by atoms with Crippen molar-refractivity contribution in [2.45, 2.75) is 12.8 Å². The van der Waals surface area contributed by atoms with Crippen LogP contribution in [-0.2, 0) is 4.74 Å². The first kappa shape index (κ1) is 11.1. The summed E-state index contributed by atoms with van der Waals surface area (Å²) < 4.78 is 10.4. The summed E-state index contributed by atoms with van der Waals surface area (Å²) in [6.07, 6.45) is 4.79. The number of pyridine rings is 1. The fourth-order valence-electron chi connectivity index (χ4n) is 1.93. The van der Waals surface area contributed by atoms with Gasteiger partial charge in [0.25, 0.3) is 0 Å². The van der Waals surface area contributed by atoms with Gasteiger partial charge < -0.3 is 9.47 Å². The molecule has 2 rings (SSSR count). The minimum Gasteiger partial charge on any atom is -0.494 e. The quantitative estimate of drug-likeness (QED) is 0.729. The summed E-state index contributed by atoms with van der Waals surface area (Å²) in [6.45, 7) is 1.34. The van der Waals surface area contributed by atoms with Gasteiger partial charge in [0.1, 0.15) is 5.75 Å². The van der Waals surface area contributed by atoms with Gasteiger partial charge in [-0.05, 0) is 18.9 Å². The molecule has 1 aliphatic heterocycles. The molecule has 0 aliphatic carbocycles. The Bertz CT molecular complexity index is 372. The first-order chi connectivity index (χ1) is 7.83. The molecule has 2 heterocycles. The Morgan fingerprint density at radius 3 is 2.94 bits per heavy atom. The Balaban J connectivity index is 2.19. The maximum atomic E-state index is 12.2. The molecule has 4 nitrogen and oxygen atoms in total. The van der Waals surface area contributed by atoms with Crippen molar-refractivity contribution in [2.24, 2.45) is 5.92 Å². The molecule has 0 radical (unpaired) electrons. The number of nitrogens with zero attached hydrogens (tertiary/aromatic N) is 1. The van der Waals surface area contributed by atoms with Crippen molar-refractivity contribution in [3.63, 3.8) is 0 Å². The molecule has 0 aromatic carbocycles. The monoisotopic (exact) mass is 221 g/mol. The third-order valence-electron chi connectivity index (χ3n) is 2.86. The van der Waals surface area contributed by atoms with E-state index in [0.717, 1.165) is 12.8 Å². The van der Waals surface area contributed by atoms with Gasteiger partial charge in [0.15, 0.2) is 5.78 Å². The summed E-state index contributed by atoms with van der Waals surface area (Å²) >= 11 is 0. The van der Waals surface area contributed by atoms with Crippen LogP contribution in [-0.4, -0.2) is 31.1 Å². The lowest BCUT2D eigenvalue weighted by molar-refractivity contribution is 0.0543. The lowest BCUT2D eigenvalue weighted by Crippen LogP contribution is -2.23. The molecule has 0 amide bonds. The third-order valence-corrected chi connectivity index (χ3v) is 2.86. The fraction of sp³-hybridized carbons (Fsp3) is 0.500. The zero-order valence-electron chi connectivity index (χ0n) is 9.31. The first-order valence-corrected chi connectivity index (χ1v) is 5.43. The highest BCUT2D eigenvalue weighted by molar-refractivity contribution is 6.00. The molecule has 0 atom stereocenters. The molecule has 0 saturated carbocycles. The van der Waals surface area contributed by atoms with Gasteiger partial charge in [0.05, 0.1) is 18.9 Å². The fourth-order valence-corrected chi connectivity index (χ4v) is 1.93. The summed E-state index contributed by atoms with van der Waals surface area (Å²) in [5, 5.41) is 0.